The third kappa shape index (κ3) is 4.05. The summed E-state index contributed by atoms with van der Waals surface area (Å²) in [5.41, 5.74) is 3.41. The zero-order valence-electron chi connectivity index (χ0n) is 12.9. The molecule has 0 spiro atoms. The minimum Gasteiger partial charge on any atom is -0.319 e. The van der Waals surface area contributed by atoms with E-state index in [0.29, 0.717) is 11.3 Å². The molecule has 0 heterocycles. The molecular weight excluding hydrogens is 232 g/mol. The van der Waals surface area contributed by atoms with Gasteiger partial charge in [-0.25, -0.2) is 0 Å². The largest absolute Gasteiger partial charge is 0.319 e. The van der Waals surface area contributed by atoms with Gasteiger partial charge in [-0.15, -0.1) is 0 Å². The highest BCUT2D eigenvalue weighted by molar-refractivity contribution is 5.24. The zero-order valence-corrected chi connectivity index (χ0v) is 12.9. The normalized spacial score (nSPS) is 17.2. The van der Waals surface area contributed by atoms with Crippen molar-refractivity contribution in [1.82, 2.24) is 10.2 Å². The van der Waals surface area contributed by atoms with Gasteiger partial charge in [0.1, 0.15) is 0 Å². The molecule has 1 aliphatic rings. The Labute approximate surface area is 118 Å². The fourth-order valence-electron chi connectivity index (χ4n) is 2.89. The molecule has 1 saturated carbocycles. The molecule has 0 radical (unpaired) electrons. The van der Waals surface area contributed by atoms with Gasteiger partial charge >= 0.3 is 0 Å². The van der Waals surface area contributed by atoms with Gasteiger partial charge in [0.2, 0.25) is 0 Å². The van der Waals surface area contributed by atoms with Crippen LogP contribution in [0.15, 0.2) is 24.3 Å². The molecule has 2 nitrogen and oxygen atoms in total. The second-order valence-corrected chi connectivity index (χ2v) is 6.60. The molecule has 0 atom stereocenters. The summed E-state index contributed by atoms with van der Waals surface area (Å²) in [5.74, 6) is 0.622. The highest BCUT2D eigenvalue weighted by atomic mass is 15.1. The summed E-state index contributed by atoms with van der Waals surface area (Å²) in [7, 11) is 4.30. The molecule has 0 saturated heterocycles. The van der Waals surface area contributed by atoms with E-state index in [4.69, 9.17) is 0 Å². The molecule has 0 bridgehead atoms. The standard InChI is InChI=1S/C17H28N2/c1-14(2)16-7-5-15(6-8-16)11-19(4)13-17(9-10-17)12-18-3/h5-8,14,18H,9-13H2,1-4H3. The van der Waals surface area contributed by atoms with E-state index in [0.717, 1.165) is 13.1 Å². The highest BCUT2D eigenvalue weighted by Gasteiger charge is 2.42. The minimum absolute atomic E-state index is 0.557. The molecule has 2 heteroatoms. The van der Waals surface area contributed by atoms with E-state index < -0.39 is 0 Å². The van der Waals surface area contributed by atoms with Crippen LogP contribution < -0.4 is 5.32 Å². The van der Waals surface area contributed by atoms with Gasteiger partial charge in [0.05, 0.1) is 0 Å². The van der Waals surface area contributed by atoms with Gasteiger partial charge in [-0.05, 0) is 49.4 Å². The Morgan fingerprint density at radius 3 is 2.32 bits per heavy atom. The van der Waals surface area contributed by atoms with Crippen molar-refractivity contribution in [1.29, 1.82) is 0 Å². The molecule has 106 valence electrons. The molecule has 1 fully saturated rings. The molecule has 0 aromatic heterocycles. The summed E-state index contributed by atoms with van der Waals surface area (Å²) >= 11 is 0. The molecule has 0 aliphatic heterocycles. The van der Waals surface area contributed by atoms with Crippen molar-refractivity contribution in [3.63, 3.8) is 0 Å². The van der Waals surface area contributed by atoms with Crippen LogP contribution in [0.2, 0.25) is 0 Å². The van der Waals surface area contributed by atoms with Crippen molar-refractivity contribution in [3.8, 4) is 0 Å². The molecule has 1 N–H and O–H groups in total. The van der Waals surface area contributed by atoms with Crippen LogP contribution in [0.1, 0.15) is 43.7 Å². The van der Waals surface area contributed by atoms with E-state index >= 15 is 0 Å². The third-order valence-electron chi connectivity index (χ3n) is 4.21. The second kappa shape index (κ2) is 6.06. The van der Waals surface area contributed by atoms with Gasteiger partial charge in [0, 0.05) is 19.6 Å². The highest BCUT2D eigenvalue weighted by Crippen LogP contribution is 2.45. The lowest BCUT2D eigenvalue weighted by Gasteiger charge is -2.23. The maximum atomic E-state index is 3.33. The Morgan fingerprint density at radius 2 is 1.84 bits per heavy atom. The maximum absolute atomic E-state index is 3.33. The van der Waals surface area contributed by atoms with Crippen LogP contribution in [-0.2, 0) is 6.54 Å². The molecule has 1 aromatic carbocycles. The van der Waals surface area contributed by atoms with Crippen LogP contribution in [-0.4, -0.2) is 32.1 Å². The van der Waals surface area contributed by atoms with Crippen molar-refractivity contribution in [2.75, 3.05) is 27.2 Å². The molecule has 2 rings (SSSR count). The zero-order chi connectivity index (χ0) is 13.9. The molecule has 1 aromatic rings. The first-order chi connectivity index (χ1) is 9.04. The van der Waals surface area contributed by atoms with Gasteiger partial charge < -0.3 is 10.2 Å². The third-order valence-corrected chi connectivity index (χ3v) is 4.21. The van der Waals surface area contributed by atoms with Crippen LogP contribution in [0.5, 0.6) is 0 Å². The second-order valence-electron chi connectivity index (χ2n) is 6.60. The lowest BCUT2D eigenvalue weighted by Crippen LogP contribution is -2.32. The summed E-state index contributed by atoms with van der Waals surface area (Å²) in [4.78, 5) is 2.47. The summed E-state index contributed by atoms with van der Waals surface area (Å²) < 4.78 is 0. The Balaban J connectivity index is 1.86. The van der Waals surface area contributed by atoms with E-state index in [1.807, 2.05) is 0 Å². The lowest BCUT2D eigenvalue weighted by molar-refractivity contribution is 0.252. The Morgan fingerprint density at radius 1 is 1.21 bits per heavy atom. The van der Waals surface area contributed by atoms with E-state index in [9.17, 15) is 0 Å². The Bertz CT molecular complexity index is 390. The number of nitrogens with one attached hydrogen (secondary N) is 1. The fraction of sp³-hybridized carbons (Fsp3) is 0.647. The van der Waals surface area contributed by atoms with Gasteiger partial charge in [0.15, 0.2) is 0 Å². The Kier molecular flexibility index (Phi) is 4.64. The van der Waals surface area contributed by atoms with E-state index in [1.165, 1.54) is 30.5 Å². The minimum atomic E-state index is 0.557. The van der Waals surface area contributed by atoms with E-state index in [-0.39, 0.29) is 0 Å². The predicted molar refractivity (Wildman–Crippen MR) is 82.5 cm³/mol. The van der Waals surface area contributed by atoms with Crippen molar-refractivity contribution in [3.05, 3.63) is 35.4 Å². The number of hydrogen-bond donors (Lipinski definition) is 1. The number of nitrogens with zero attached hydrogens (tertiary/aromatic N) is 1. The van der Waals surface area contributed by atoms with E-state index in [2.05, 4.69) is 62.4 Å². The summed E-state index contributed by atoms with van der Waals surface area (Å²) in [6, 6.07) is 9.11. The quantitative estimate of drug-likeness (QED) is 0.809. The van der Waals surface area contributed by atoms with Crippen molar-refractivity contribution in [2.24, 2.45) is 5.41 Å². The van der Waals surface area contributed by atoms with Crippen LogP contribution >= 0.6 is 0 Å². The molecule has 19 heavy (non-hydrogen) atoms. The lowest BCUT2D eigenvalue weighted by atomic mass is 10.0. The molecule has 1 aliphatic carbocycles. The van der Waals surface area contributed by atoms with Gasteiger partial charge in [-0.1, -0.05) is 38.1 Å². The topological polar surface area (TPSA) is 15.3 Å². The van der Waals surface area contributed by atoms with Crippen molar-refractivity contribution >= 4 is 0 Å². The first-order valence-corrected chi connectivity index (χ1v) is 7.47. The molecule has 0 amide bonds. The van der Waals surface area contributed by atoms with Gasteiger partial charge in [-0.2, -0.15) is 0 Å². The maximum Gasteiger partial charge on any atom is 0.0230 e. The first-order valence-electron chi connectivity index (χ1n) is 7.47. The van der Waals surface area contributed by atoms with Gasteiger partial charge in [-0.3, -0.25) is 0 Å². The first kappa shape index (κ1) is 14.5. The molecular formula is C17H28N2. The Hall–Kier alpha value is -0.860. The number of benzene rings is 1. The average molecular weight is 260 g/mol. The van der Waals surface area contributed by atoms with Crippen LogP contribution in [0, 0.1) is 5.41 Å². The summed E-state index contributed by atoms with van der Waals surface area (Å²) in [5, 5.41) is 3.33. The van der Waals surface area contributed by atoms with Gasteiger partial charge in [0.25, 0.3) is 0 Å². The fourth-order valence-corrected chi connectivity index (χ4v) is 2.89. The monoisotopic (exact) mass is 260 g/mol. The number of hydrogen-bond acceptors (Lipinski definition) is 2. The van der Waals surface area contributed by atoms with Crippen LogP contribution in [0.4, 0.5) is 0 Å². The predicted octanol–water partition coefficient (Wildman–Crippen LogP) is 3.24. The van der Waals surface area contributed by atoms with Crippen molar-refractivity contribution < 1.29 is 0 Å². The van der Waals surface area contributed by atoms with Crippen LogP contribution in [0.3, 0.4) is 0 Å². The summed E-state index contributed by atoms with van der Waals surface area (Å²) in [6.07, 6.45) is 2.76. The van der Waals surface area contributed by atoms with E-state index in [1.54, 1.807) is 0 Å². The SMILES string of the molecule is CNCC1(CN(C)Cc2ccc(C(C)C)cc2)CC1. The van der Waals surface area contributed by atoms with Crippen molar-refractivity contribution in [2.45, 2.75) is 39.2 Å². The smallest absolute Gasteiger partial charge is 0.0230 e. The number of rotatable bonds is 7. The summed E-state index contributed by atoms with van der Waals surface area (Å²) in [6.45, 7) is 7.92. The average Bonchev–Trinajstić information content (AvgIpc) is 3.09. The van der Waals surface area contributed by atoms with Crippen LogP contribution in [0.25, 0.3) is 0 Å². The molecule has 0 unspecified atom stereocenters.